The van der Waals surface area contributed by atoms with Crippen LogP contribution < -0.4 is 5.32 Å². The quantitative estimate of drug-likeness (QED) is 0.344. The van der Waals surface area contributed by atoms with Gasteiger partial charge in [-0.25, -0.2) is 12.8 Å². The standard InChI is InChI=1S/C22H28FN3O3S.HI/c1-16-8-9-18(17(2)14-16)20-15-26(11-12-29-20)22(24-3)25-10-13-30(27,28)21-7-5-4-6-19(21)23;/h4-9,14,20H,10-13,15H2,1-3H3,(H,24,25);1H. The molecule has 0 amide bonds. The van der Waals surface area contributed by atoms with E-state index >= 15 is 0 Å². The third-order valence-corrected chi connectivity index (χ3v) is 6.92. The second-order valence-electron chi connectivity index (χ2n) is 7.39. The van der Waals surface area contributed by atoms with Crippen molar-refractivity contribution < 1.29 is 17.5 Å². The maximum Gasteiger partial charge on any atom is 0.193 e. The number of halogens is 2. The zero-order valence-electron chi connectivity index (χ0n) is 18.0. The first-order valence-corrected chi connectivity index (χ1v) is 11.6. The summed E-state index contributed by atoms with van der Waals surface area (Å²) in [7, 11) is -2.06. The fraction of sp³-hybridized carbons (Fsp3) is 0.409. The second kappa shape index (κ2) is 11.2. The highest BCUT2D eigenvalue weighted by atomic mass is 127. The number of rotatable bonds is 5. The van der Waals surface area contributed by atoms with Crippen LogP contribution in [0.4, 0.5) is 4.39 Å². The fourth-order valence-corrected chi connectivity index (χ4v) is 4.89. The van der Waals surface area contributed by atoms with Crippen LogP contribution in [0.3, 0.4) is 0 Å². The van der Waals surface area contributed by atoms with E-state index in [-0.39, 0.29) is 47.3 Å². The van der Waals surface area contributed by atoms with Crippen molar-refractivity contribution in [2.24, 2.45) is 4.99 Å². The van der Waals surface area contributed by atoms with Gasteiger partial charge in [-0.2, -0.15) is 0 Å². The molecule has 1 aliphatic heterocycles. The summed E-state index contributed by atoms with van der Waals surface area (Å²) in [5.41, 5.74) is 3.53. The summed E-state index contributed by atoms with van der Waals surface area (Å²) < 4.78 is 44.7. The molecule has 1 atom stereocenters. The van der Waals surface area contributed by atoms with Gasteiger partial charge < -0.3 is 15.0 Å². The molecule has 0 radical (unpaired) electrons. The van der Waals surface area contributed by atoms with Gasteiger partial charge in [0.1, 0.15) is 16.8 Å². The molecule has 2 aromatic rings. The molecule has 0 aliphatic carbocycles. The summed E-state index contributed by atoms with van der Waals surface area (Å²) in [5, 5.41) is 3.10. The highest BCUT2D eigenvalue weighted by Crippen LogP contribution is 2.26. The third kappa shape index (κ3) is 6.39. The monoisotopic (exact) mass is 561 g/mol. The minimum absolute atomic E-state index is 0. The van der Waals surface area contributed by atoms with Crippen LogP contribution >= 0.6 is 24.0 Å². The van der Waals surface area contributed by atoms with Gasteiger partial charge in [-0.3, -0.25) is 4.99 Å². The number of hydrogen-bond donors (Lipinski definition) is 1. The molecule has 6 nitrogen and oxygen atoms in total. The first-order valence-electron chi connectivity index (χ1n) is 9.93. The number of guanidine groups is 1. The lowest BCUT2D eigenvalue weighted by Gasteiger charge is -2.35. The molecule has 170 valence electrons. The Bertz CT molecular complexity index is 1030. The van der Waals surface area contributed by atoms with Gasteiger partial charge in [0, 0.05) is 20.1 Å². The Morgan fingerprint density at radius 3 is 2.68 bits per heavy atom. The molecule has 31 heavy (non-hydrogen) atoms. The molecule has 1 unspecified atom stereocenters. The lowest BCUT2D eigenvalue weighted by atomic mass is 10.00. The predicted octanol–water partition coefficient (Wildman–Crippen LogP) is 3.48. The number of aliphatic imine (C=N–C) groups is 1. The molecule has 1 heterocycles. The first kappa shape index (κ1) is 25.5. The summed E-state index contributed by atoms with van der Waals surface area (Å²) in [6.07, 6.45) is -0.0833. The van der Waals surface area contributed by atoms with E-state index in [1.165, 1.54) is 29.3 Å². The number of sulfone groups is 1. The Hall–Kier alpha value is -1.72. The lowest BCUT2D eigenvalue weighted by molar-refractivity contribution is -0.00827. The fourth-order valence-electron chi connectivity index (χ4n) is 3.65. The van der Waals surface area contributed by atoms with Gasteiger partial charge in [0.25, 0.3) is 0 Å². The number of benzene rings is 2. The average Bonchev–Trinajstić information content (AvgIpc) is 2.71. The summed E-state index contributed by atoms with van der Waals surface area (Å²) in [6.45, 7) is 6.09. The van der Waals surface area contributed by atoms with Crippen LogP contribution in [0.2, 0.25) is 0 Å². The minimum Gasteiger partial charge on any atom is -0.370 e. The molecule has 3 rings (SSSR count). The Labute approximate surface area is 200 Å². The number of nitrogens with zero attached hydrogens (tertiary/aromatic N) is 2. The van der Waals surface area contributed by atoms with E-state index in [0.717, 1.165) is 11.6 Å². The van der Waals surface area contributed by atoms with Gasteiger partial charge in [0.15, 0.2) is 15.8 Å². The molecular formula is C22H29FIN3O3S. The zero-order chi connectivity index (χ0) is 21.7. The van der Waals surface area contributed by atoms with Crippen molar-refractivity contribution in [1.82, 2.24) is 10.2 Å². The molecule has 1 aliphatic rings. The van der Waals surface area contributed by atoms with E-state index in [1.54, 1.807) is 7.05 Å². The van der Waals surface area contributed by atoms with Crippen LogP contribution in [-0.2, 0) is 14.6 Å². The van der Waals surface area contributed by atoms with Gasteiger partial charge >= 0.3 is 0 Å². The Kier molecular flexibility index (Phi) is 9.26. The molecule has 1 fully saturated rings. The third-order valence-electron chi connectivity index (χ3n) is 5.18. The van der Waals surface area contributed by atoms with Crippen molar-refractivity contribution in [3.63, 3.8) is 0 Å². The van der Waals surface area contributed by atoms with Crippen LogP contribution in [0, 0.1) is 19.7 Å². The molecule has 1 saturated heterocycles. The van der Waals surface area contributed by atoms with E-state index in [2.05, 4.69) is 47.3 Å². The van der Waals surface area contributed by atoms with E-state index in [0.29, 0.717) is 25.7 Å². The van der Waals surface area contributed by atoms with Gasteiger partial charge in [0.05, 0.1) is 18.9 Å². The summed E-state index contributed by atoms with van der Waals surface area (Å²) in [4.78, 5) is 6.08. The minimum atomic E-state index is -3.72. The molecule has 2 aromatic carbocycles. The van der Waals surface area contributed by atoms with E-state index in [4.69, 9.17) is 4.74 Å². The van der Waals surface area contributed by atoms with Crippen LogP contribution in [0.5, 0.6) is 0 Å². The zero-order valence-corrected chi connectivity index (χ0v) is 21.1. The normalized spacial score (nSPS) is 17.2. The van der Waals surface area contributed by atoms with Crippen molar-refractivity contribution in [3.8, 4) is 0 Å². The number of ether oxygens (including phenoxy) is 1. The molecule has 0 spiro atoms. The van der Waals surface area contributed by atoms with Gasteiger partial charge in [-0.05, 0) is 37.1 Å². The summed E-state index contributed by atoms with van der Waals surface area (Å²) in [5.74, 6) is -0.346. The van der Waals surface area contributed by atoms with E-state index in [9.17, 15) is 12.8 Å². The average molecular weight is 561 g/mol. The van der Waals surface area contributed by atoms with Crippen LogP contribution in [0.1, 0.15) is 22.8 Å². The Morgan fingerprint density at radius 1 is 1.26 bits per heavy atom. The molecule has 9 heteroatoms. The summed E-state index contributed by atoms with van der Waals surface area (Å²) >= 11 is 0. The van der Waals surface area contributed by atoms with Gasteiger partial charge in [-0.1, -0.05) is 35.9 Å². The van der Waals surface area contributed by atoms with Crippen LogP contribution in [0.25, 0.3) is 0 Å². The molecule has 0 saturated carbocycles. The molecule has 1 N–H and O–H groups in total. The molecule has 0 aromatic heterocycles. The Balaban J connectivity index is 0.00000341. The van der Waals surface area contributed by atoms with E-state index < -0.39 is 15.7 Å². The topological polar surface area (TPSA) is 71.0 Å². The maximum absolute atomic E-state index is 13.8. The number of hydrogen-bond acceptors (Lipinski definition) is 4. The van der Waals surface area contributed by atoms with Crippen molar-refractivity contribution in [3.05, 3.63) is 65.0 Å². The van der Waals surface area contributed by atoms with Crippen molar-refractivity contribution in [2.45, 2.75) is 24.8 Å². The second-order valence-corrected chi connectivity index (χ2v) is 9.47. The van der Waals surface area contributed by atoms with Crippen molar-refractivity contribution in [1.29, 1.82) is 0 Å². The smallest absolute Gasteiger partial charge is 0.193 e. The van der Waals surface area contributed by atoms with Gasteiger partial charge in [0.2, 0.25) is 0 Å². The maximum atomic E-state index is 13.8. The lowest BCUT2D eigenvalue weighted by Crippen LogP contribution is -2.49. The number of aryl methyl sites for hydroxylation is 2. The van der Waals surface area contributed by atoms with Crippen LogP contribution in [-0.4, -0.2) is 58.3 Å². The van der Waals surface area contributed by atoms with Crippen LogP contribution in [0.15, 0.2) is 52.4 Å². The number of nitrogens with one attached hydrogen (secondary N) is 1. The Morgan fingerprint density at radius 2 is 2.00 bits per heavy atom. The number of morpholine rings is 1. The van der Waals surface area contributed by atoms with Crippen molar-refractivity contribution >= 4 is 39.8 Å². The van der Waals surface area contributed by atoms with Gasteiger partial charge in [-0.15, -0.1) is 24.0 Å². The largest absolute Gasteiger partial charge is 0.370 e. The SMILES string of the molecule is CN=C(NCCS(=O)(=O)c1ccccc1F)N1CCOC(c2ccc(C)cc2C)C1.I. The summed E-state index contributed by atoms with van der Waals surface area (Å²) in [6, 6.07) is 11.7. The molecular weight excluding hydrogens is 532 g/mol. The van der Waals surface area contributed by atoms with Crippen molar-refractivity contribution in [2.75, 3.05) is 39.0 Å². The van der Waals surface area contributed by atoms with E-state index in [1.807, 2.05) is 0 Å². The first-order chi connectivity index (χ1) is 14.3. The molecule has 0 bridgehead atoms. The highest BCUT2D eigenvalue weighted by molar-refractivity contribution is 14.0. The predicted molar refractivity (Wildman–Crippen MR) is 131 cm³/mol. The highest BCUT2D eigenvalue weighted by Gasteiger charge is 2.26.